The lowest BCUT2D eigenvalue weighted by atomic mass is 10.2. The van der Waals surface area contributed by atoms with Crippen molar-refractivity contribution in [3.8, 4) is 0 Å². The van der Waals surface area contributed by atoms with Gasteiger partial charge in [-0.1, -0.05) is 6.92 Å². The Balaban J connectivity index is 2.12. The van der Waals surface area contributed by atoms with Gasteiger partial charge in [0.25, 0.3) is 0 Å². The lowest BCUT2D eigenvalue weighted by molar-refractivity contribution is 0.875. The van der Waals surface area contributed by atoms with Crippen molar-refractivity contribution in [1.82, 2.24) is 9.97 Å². The molecule has 4 heteroatoms. The fourth-order valence-corrected chi connectivity index (χ4v) is 1.68. The monoisotopic (exact) mass is 206 g/mol. The molecule has 0 aliphatic heterocycles. The van der Waals surface area contributed by atoms with Gasteiger partial charge in [-0.15, -0.1) is 0 Å². The smallest absolute Gasteiger partial charge is 0.134 e. The number of hydrogen-bond donors (Lipinski definition) is 2. The minimum atomic E-state index is 0.864. The Morgan fingerprint density at radius 1 is 1.33 bits per heavy atom. The highest BCUT2D eigenvalue weighted by molar-refractivity contribution is 5.57. The maximum Gasteiger partial charge on any atom is 0.134 e. The van der Waals surface area contributed by atoms with E-state index in [1.165, 1.54) is 18.4 Å². The fraction of sp³-hybridized carbons (Fsp3) is 0.636. The van der Waals surface area contributed by atoms with Gasteiger partial charge in [0, 0.05) is 19.2 Å². The van der Waals surface area contributed by atoms with Crippen LogP contribution in [0.5, 0.6) is 0 Å². The van der Waals surface area contributed by atoms with Gasteiger partial charge in [0.05, 0.1) is 0 Å². The third-order valence-electron chi connectivity index (χ3n) is 2.79. The van der Waals surface area contributed by atoms with E-state index >= 15 is 0 Å². The van der Waals surface area contributed by atoms with Crippen LogP contribution in [0.1, 0.15) is 25.3 Å². The van der Waals surface area contributed by atoms with E-state index in [-0.39, 0.29) is 0 Å². The first-order valence-corrected chi connectivity index (χ1v) is 5.60. The summed E-state index contributed by atoms with van der Waals surface area (Å²) in [6, 6.07) is 0. The van der Waals surface area contributed by atoms with E-state index in [4.69, 9.17) is 0 Å². The molecule has 1 aromatic heterocycles. The van der Waals surface area contributed by atoms with Gasteiger partial charge >= 0.3 is 0 Å². The second-order valence-electron chi connectivity index (χ2n) is 3.98. The van der Waals surface area contributed by atoms with Crippen LogP contribution in [0.2, 0.25) is 0 Å². The van der Waals surface area contributed by atoms with Crippen molar-refractivity contribution < 1.29 is 0 Å². The third kappa shape index (κ3) is 2.37. The quantitative estimate of drug-likeness (QED) is 0.772. The average Bonchev–Trinajstić information content (AvgIpc) is 3.09. The molecule has 2 rings (SSSR count). The lowest BCUT2D eigenvalue weighted by Crippen LogP contribution is -2.10. The molecule has 1 aliphatic carbocycles. The number of nitrogens with one attached hydrogen (secondary N) is 2. The zero-order chi connectivity index (χ0) is 10.7. The summed E-state index contributed by atoms with van der Waals surface area (Å²) in [7, 11) is 1.90. The van der Waals surface area contributed by atoms with E-state index in [0.29, 0.717) is 0 Å². The van der Waals surface area contributed by atoms with Crippen molar-refractivity contribution in [3.63, 3.8) is 0 Å². The minimum Gasteiger partial charge on any atom is -0.373 e. The van der Waals surface area contributed by atoms with Crippen LogP contribution in [0.4, 0.5) is 11.6 Å². The molecule has 0 unspecified atom stereocenters. The Bertz CT molecular complexity index is 333. The normalized spacial score (nSPS) is 15.1. The van der Waals surface area contributed by atoms with Crippen LogP contribution in [0.25, 0.3) is 0 Å². The van der Waals surface area contributed by atoms with Crippen molar-refractivity contribution in [1.29, 1.82) is 0 Å². The van der Waals surface area contributed by atoms with E-state index in [9.17, 15) is 0 Å². The van der Waals surface area contributed by atoms with Crippen molar-refractivity contribution >= 4 is 11.6 Å². The van der Waals surface area contributed by atoms with Crippen LogP contribution in [-0.4, -0.2) is 23.6 Å². The number of aromatic nitrogens is 2. The van der Waals surface area contributed by atoms with Gasteiger partial charge < -0.3 is 10.6 Å². The molecule has 1 aromatic rings. The molecular formula is C11H18N4. The molecule has 1 heterocycles. The van der Waals surface area contributed by atoms with Crippen LogP contribution in [0.3, 0.4) is 0 Å². The Hall–Kier alpha value is -1.32. The SMILES string of the molecule is CCc1c(NC)ncnc1NCC1CC1. The highest BCUT2D eigenvalue weighted by Crippen LogP contribution is 2.29. The van der Waals surface area contributed by atoms with Crippen LogP contribution in [0, 0.1) is 5.92 Å². The summed E-state index contributed by atoms with van der Waals surface area (Å²) in [5, 5.41) is 6.51. The molecule has 0 atom stereocenters. The van der Waals surface area contributed by atoms with E-state index in [1.807, 2.05) is 7.05 Å². The number of rotatable bonds is 5. The van der Waals surface area contributed by atoms with Crippen molar-refractivity contribution in [2.45, 2.75) is 26.2 Å². The molecule has 82 valence electrons. The van der Waals surface area contributed by atoms with Gasteiger partial charge in [-0.25, -0.2) is 9.97 Å². The van der Waals surface area contributed by atoms with Crippen molar-refractivity contribution in [3.05, 3.63) is 11.9 Å². The summed E-state index contributed by atoms with van der Waals surface area (Å²) in [6.45, 7) is 3.18. The minimum absolute atomic E-state index is 0.864. The molecule has 4 nitrogen and oxygen atoms in total. The summed E-state index contributed by atoms with van der Waals surface area (Å²) in [4.78, 5) is 8.50. The zero-order valence-corrected chi connectivity index (χ0v) is 9.38. The van der Waals surface area contributed by atoms with Gasteiger partial charge in [-0.05, 0) is 25.2 Å². The highest BCUT2D eigenvalue weighted by Gasteiger charge is 2.21. The van der Waals surface area contributed by atoms with Crippen LogP contribution >= 0.6 is 0 Å². The first-order chi connectivity index (χ1) is 7.35. The molecule has 0 amide bonds. The summed E-state index contributed by atoms with van der Waals surface area (Å²) >= 11 is 0. The molecule has 0 saturated heterocycles. The van der Waals surface area contributed by atoms with Crippen molar-refractivity contribution in [2.75, 3.05) is 24.2 Å². The zero-order valence-electron chi connectivity index (χ0n) is 9.38. The Kier molecular flexibility index (Phi) is 3.04. The van der Waals surface area contributed by atoms with Gasteiger partial charge in [-0.3, -0.25) is 0 Å². The number of hydrogen-bond acceptors (Lipinski definition) is 4. The molecule has 1 saturated carbocycles. The highest BCUT2D eigenvalue weighted by atomic mass is 15.1. The first-order valence-electron chi connectivity index (χ1n) is 5.60. The Labute approximate surface area is 90.5 Å². The molecule has 1 fully saturated rings. The second kappa shape index (κ2) is 4.47. The van der Waals surface area contributed by atoms with E-state index in [1.54, 1.807) is 6.33 Å². The van der Waals surface area contributed by atoms with E-state index in [2.05, 4.69) is 27.5 Å². The summed E-state index contributed by atoms with van der Waals surface area (Å²) < 4.78 is 0. The maximum atomic E-state index is 4.30. The molecule has 15 heavy (non-hydrogen) atoms. The average molecular weight is 206 g/mol. The Morgan fingerprint density at radius 2 is 2.07 bits per heavy atom. The standard InChI is InChI=1S/C11H18N4/c1-3-9-10(12-2)14-7-15-11(9)13-6-8-4-5-8/h7-8H,3-6H2,1-2H3,(H2,12,13,14,15). The van der Waals surface area contributed by atoms with Gasteiger partial charge in [0.2, 0.25) is 0 Å². The predicted octanol–water partition coefficient (Wildman–Crippen LogP) is 1.90. The summed E-state index contributed by atoms with van der Waals surface area (Å²) in [5.41, 5.74) is 1.18. The summed E-state index contributed by atoms with van der Waals surface area (Å²) in [6.07, 6.45) is 5.28. The third-order valence-corrected chi connectivity index (χ3v) is 2.79. The van der Waals surface area contributed by atoms with Crippen LogP contribution < -0.4 is 10.6 Å². The largest absolute Gasteiger partial charge is 0.373 e. The van der Waals surface area contributed by atoms with Crippen LogP contribution in [-0.2, 0) is 6.42 Å². The molecule has 0 bridgehead atoms. The maximum absolute atomic E-state index is 4.30. The first kappa shape index (κ1) is 10.2. The van der Waals surface area contributed by atoms with E-state index < -0.39 is 0 Å². The lowest BCUT2D eigenvalue weighted by Gasteiger charge is -2.12. The molecule has 0 radical (unpaired) electrons. The molecule has 0 aromatic carbocycles. The summed E-state index contributed by atoms with van der Waals surface area (Å²) in [5.74, 6) is 2.79. The molecular weight excluding hydrogens is 188 g/mol. The second-order valence-corrected chi connectivity index (χ2v) is 3.98. The van der Waals surface area contributed by atoms with Gasteiger partial charge in [0.1, 0.15) is 18.0 Å². The molecule has 2 N–H and O–H groups in total. The number of nitrogens with zero attached hydrogens (tertiary/aromatic N) is 2. The molecule has 1 aliphatic rings. The Morgan fingerprint density at radius 3 is 2.67 bits per heavy atom. The van der Waals surface area contributed by atoms with Gasteiger partial charge in [-0.2, -0.15) is 0 Å². The molecule has 0 spiro atoms. The number of anilines is 2. The van der Waals surface area contributed by atoms with Crippen molar-refractivity contribution in [2.24, 2.45) is 5.92 Å². The van der Waals surface area contributed by atoms with E-state index in [0.717, 1.165) is 30.5 Å². The van der Waals surface area contributed by atoms with Gasteiger partial charge in [0.15, 0.2) is 0 Å². The predicted molar refractivity (Wildman–Crippen MR) is 62.2 cm³/mol. The topological polar surface area (TPSA) is 49.8 Å². The van der Waals surface area contributed by atoms with Crippen LogP contribution in [0.15, 0.2) is 6.33 Å². The fourth-order valence-electron chi connectivity index (χ4n) is 1.68.